The molecular formula is C11H7ClN2O4. The highest BCUT2D eigenvalue weighted by Gasteiger charge is 2.30. The minimum Gasteiger partial charge on any atom is -0.353 e. The van der Waals surface area contributed by atoms with Gasteiger partial charge in [0.1, 0.15) is 0 Å². The lowest BCUT2D eigenvalue weighted by Gasteiger charge is -1.99. The van der Waals surface area contributed by atoms with Crippen LogP contribution in [0.4, 0.5) is 5.69 Å². The Morgan fingerprint density at radius 1 is 1.44 bits per heavy atom. The van der Waals surface area contributed by atoms with Gasteiger partial charge in [-0.2, -0.15) is 0 Å². The topological polar surface area (TPSA) is 86.2 Å². The lowest BCUT2D eigenvalue weighted by molar-refractivity contribution is -0.386. The van der Waals surface area contributed by atoms with Gasteiger partial charge in [-0.05, 0) is 12.1 Å². The van der Waals surface area contributed by atoms with E-state index in [1.807, 2.05) is 0 Å². The van der Waals surface area contributed by atoms with E-state index in [2.05, 4.69) is 9.68 Å². The van der Waals surface area contributed by atoms with Crippen molar-refractivity contribution in [2.24, 2.45) is 0 Å². The zero-order valence-corrected chi connectivity index (χ0v) is 9.97. The Bertz CT molecular complexity index is 636. The number of hydrogen-bond acceptors (Lipinski definition) is 5. The van der Waals surface area contributed by atoms with Crippen molar-refractivity contribution >= 4 is 23.1 Å². The van der Waals surface area contributed by atoms with Crippen molar-refractivity contribution in [2.45, 2.75) is 6.92 Å². The van der Waals surface area contributed by atoms with Crippen molar-refractivity contribution in [1.82, 2.24) is 5.16 Å². The zero-order chi connectivity index (χ0) is 13.3. The molecule has 0 fully saturated rings. The summed E-state index contributed by atoms with van der Waals surface area (Å²) in [5, 5.41) is 14.5. The lowest BCUT2D eigenvalue weighted by atomic mass is 10.1. The monoisotopic (exact) mass is 266 g/mol. The average Bonchev–Trinajstić information content (AvgIpc) is 2.71. The van der Waals surface area contributed by atoms with E-state index < -0.39 is 16.4 Å². The first-order valence-electron chi connectivity index (χ1n) is 4.92. The maximum atomic E-state index is 12.1. The molecule has 0 bridgehead atoms. The van der Waals surface area contributed by atoms with Crippen LogP contribution in [0.3, 0.4) is 0 Å². The van der Waals surface area contributed by atoms with E-state index in [9.17, 15) is 14.9 Å². The predicted molar refractivity (Wildman–Crippen MR) is 62.8 cm³/mol. The molecule has 0 aliphatic carbocycles. The second-order valence-electron chi connectivity index (χ2n) is 3.50. The van der Waals surface area contributed by atoms with Gasteiger partial charge in [0.2, 0.25) is 17.2 Å². The van der Waals surface area contributed by atoms with E-state index >= 15 is 0 Å². The third-order valence-electron chi connectivity index (χ3n) is 2.35. The zero-order valence-electron chi connectivity index (χ0n) is 9.21. The number of nitro groups is 1. The molecule has 0 N–H and O–H groups in total. The summed E-state index contributed by atoms with van der Waals surface area (Å²) in [5.74, 6) is -0.653. The van der Waals surface area contributed by atoms with Gasteiger partial charge in [0.25, 0.3) is 0 Å². The number of ketones is 1. The highest BCUT2D eigenvalue weighted by atomic mass is 35.5. The maximum absolute atomic E-state index is 12.1. The molecule has 1 heterocycles. The minimum atomic E-state index is -0.699. The molecule has 0 atom stereocenters. The van der Waals surface area contributed by atoms with Crippen LogP contribution in [-0.2, 0) is 0 Å². The smallest absolute Gasteiger partial charge is 0.342 e. The fourth-order valence-electron chi connectivity index (χ4n) is 1.50. The fraction of sp³-hybridized carbons (Fsp3) is 0.0909. The van der Waals surface area contributed by atoms with Crippen LogP contribution < -0.4 is 0 Å². The SMILES string of the molecule is Cc1onc(C(=O)c2ccccc2Cl)c1[N+](=O)[O-]. The van der Waals surface area contributed by atoms with Crippen molar-refractivity contribution in [3.63, 3.8) is 0 Å². The second-order valence-corrected chi connectivity index (χ2v) is 3.91. The number of carbonyl (C=O) groups excluding carboxylic acids is 1. The fourth-order valence-corrected chi connectivity index (χ4v) is 1.73. The molecule has 1 aromatic carbocycles. The molecule has 18 heavy (non-hydrogen) atoms. The summed E-state index contributed by atoms with van der Waals surface area (Å²) in [5.41, 5.74) is -0.624. The number of carbonyl (C=O) groups is 1. The van der Waals surface area contributed by atoms with Crippen LogP contribution in [0, 0.1) is 17.0 Å². The molecule has 1 aromatic heterocycles. The third-order valence-corrected chi connectivity index (χ3v) is 2.68. The van der Waals surface area contributed by atoms with E-state index in [0.29, 0.717) is 0 Å². The van der Waals surface area contributed by atoms with Gasteiger partial charge in [0.05, 0.1) is 9.95 Å². The molecule has 0 saturated heterocycles. The summed E-state index contributed by atoms with van der Waals surface area (Å²) < 4.78 is 4.68. The Balaban J connectivity index is 2.54. The molecule has 6 nitrogen and oxygen atoms in total. The molecule has 0 aliphatic rings. The number of nitrogens with zero attached hydrogens (tertiary/aromatic N) is 2. The van der Waals surface area contributed by atoms with Gasteiger partial charge >= 0.3 is 5.69 Å². The highest BCUT2D eigenvalue weighted by Crippen LogP contribution is 2.27. The molecule has 2 rings (SSSR count). The van der Waals surface area contributed by atoms with Crippen LogP contribution in [0.15, 0.2) is 28.8 Å². The van der Waals surface area contributed by atoms with Gasteiger partial charge < -0.3 is 4.52 Å². The van der Waals surface area contributed by atoms with Gasteiger partial charge in [-0.1, -0.05) is 28.9 Å². The Labute approximate surface area is 106 Å². The summed E-state index contributed by atoms with van der Waals surface area (Å²) >= 11 is 5.86. The molecule has 0 saturated carbocycles. The molecule has 7 heteroatoms. The number of hydrogen-bond donors (Lipinski definition) is 0. The summed E-state index contributed by atoms with van der Waals surface area (Å²) in [6.45, 7) is 1.37. The van der Waals surface area contributed by atoms with E-state index in [4.69, 9.17) is 11.6 Å². The largest absolute Gasteiger partial charge is 0.353 e. The number of rotatable bonds is 3. The standard InChI is InChI=1S/C11H7ClN2O4/c1-6-10(14(16)17)9(13-18-6)11(15)7-4-2-3-5-8(7)12/h2-5H,1H3. The van der Waals surface area contributed by atoms with Gasteiger partial charge in [0.15, 0.2) is 0 Å². The van der Waals surface area contributed by atoms with Crippen LogP contribution in [0.2, 0.25) is 5.02 Å². The van der Waals surface area contributed by atoms with Crippen LogP contribution in [0.1, 0.15) is 21.8 Å². The first kappa shape index (κ1) is 12.3. The average molecular weight is 267 g/mol. The molecular weight excluding hydrogens is 260 g/mol. The molecule has 92 valence electrons. The van der Waals surface area contributed by atoms with Crippen molar-refractivity contribution in [3.05, 3.63) is 56.4 Å². The summed E-state index contributed by atoms with van der Waals surface area (Å²) in [6.07, 6.45) is 0. The summed E-state index contributed by atoms with van der Waals surface area (Å²) in [6, 6.07) is 6.26. The van der Waals surface area contributed by atoms with Crippen molar-refractivity contribution < 1.29 is 14.2 Å². The first-order valence-corrected chi connectivity index (χ1v) is 5.30. The first-order chi connectivity index (χ1) is 8.52. The van der Waals surface area contributed by atoms with E-state index in [1.54, 1.807) is 12.1 Å². The van der Waals surface area contributed by atoms with E-state index in [1.165, 1.54) is 19.1 Å². The number of halogens is 1. The maximum Gasteiger partial charge on any atom is 0.342 e. The van der Waals surface area contributed by atoms with Crippen molar-refractivity contribution in [2.75, 3.05) is 0 Å². The van der Waals surface area contributed by atoms with Gasteiger partial charge in [0, 0.05) is 12.5 Å². The second kappa shape index (κ2) is 4.58. The Hall–Kier alpha value is -2.21. The number of benzene rings is 1. The quantitative estimate of drug-likeness (QED) is 0.484. The molecule has 0 unspecified atom stereocenters. The normalized spacial score (nSPS) is 10.3. The third kappa shape index (κ3) is 1.98. The van der Waals surface area contributed by atoms with Crippen LogP contribution in [0.25, 0.3) is 0 Å². The Morgan fingerprint density at radius 3 is 2.72 bits per heavy atom. The molecule has 0 amide bonds. The number of aromatic nitrogens is 1. The summed E-state index contributed by atoms with van der Waals surface area (Å²) in [7, 11) is 0. The Kier molecular flexibility index (Phi) is 3.12. The Morgan fingerprint density at radius 2 is 2.11 bits per heavy atom. The lowest BCUT2D eigenvalue weighted by Crippen LogP contribution is -2.06. The molecule has 0 aliphatic heterocycles. The highest BCUT2D eigenvalue weighted by molar-refractivity contribution is 6.35. The van der Waals surface area contributed by atoms with Gasteiger partial charge in [-0.3, -0.25) is 14.9 Å². The van der Waals surface area contributed by atoms with Crippen LogP contribution in [-0.4, -0.2) is 15.9 Å². The van der Waals surface area contributed by atoms with E-state index in [-0.39, 0.29) is 22.0 Å². The minimum absolute atomic E-state index is 0.0181. The summed E-state index contributed by atoms with van der Waals surface area (Å²) in [4.78, 5) is 22.2. The van der Waals surface area contributed by atoms with Crippen molar-refractivity contribution in [3.8, 4) is 0 Å². The van der Waals surface area contributed by atoms with Crippen molar-refractivity contribution in [1.29, 1.82) is 0 Å². The molecule has 0 radical (unpaired) electrons. The van der Waals surface area contributed by atoms with E-state index in [0.717, 1.165) is 0 Å². The van der Waals surface area contributed by atoms with Crippen LogP contribution >= 0.6 is 11.6 Å². The predicted octanol–water partition coefficient (Wildman–Crippen LogP) is 2.78. The van der Waals surface area contributed by atoms with Gasteiger partial charge in [-0.25, -0.2) is 0 Å². The number of aryl methyl sites for hydroxylation is 1. The molecule has 2 aromatic rings. The van der Waals surface area contributed by atoms with Gasteiger partial charge in [-0.15, -0.1) is 0 Å². The van der Waals surface area contributed by atoms with Crippen LogP contribution in [0.5, 0.6) is 0 Å². The molecule has 0 spiro atoms.